The topological polar surface area (TPSA) is 68.3 Å². The summed E-state index contributed by atoms with van der Waals surface area (Å²) in [4.78, 5) is 9.99. The van der Waals surface area contributed by atoms with Crippen molar-refractivity contribution in [1.29, 1.82) is 0 Å². The minimum absolute atomic E-state index is 0.179. The van der Waals surface area contributed by atoms with E-state index in [0.29, 0.717) is 18.3 Å². The molecular formula is C13H20N2O3. The van der Waals surface area contributed by atoms with Crippen LogP contribution in [-0.4, -0.2) is 11.0 Å². The summed E-state index contributed by atoms with van der Waals surface area (Å²) in [5, 5.41) is 13.9. The summed E-state index contributed by atoms with van der Waals surface area (Å²) < 4.78 is 5.13. The smallest absolute Gasteiger partial charge is 0.404 e. The first-order chi connectivity index (χ1) is 8.65. The fraction of sp³-hybridized carbons (Fsp3) is 0.692. The van der Waals surface area contributed by atoms with E-state index in [1.54, 1.807) is 6.07 Å². The highest BCUT2D eigenvalue weighted by atomic mass is 16.6. The first kappa shape index (κ1) is 13.1. The van der Waals surface area contributed by atoms with Crippen molar-refractivity contribution in [2.45, 2.75) is 51.6 Å². The molecule has 0 radical (unpaired) electrons. The van der Waals surface area contributed by atoms with Gasteiger partial charge in [0.2, 0.25) is 0 Å². The average Bonchev–Trinajstić information content (AvgIpc) is 2.72. The molecule has 1 N–H and O–H groups in total. The Balaban J connectivity index is 1.81. The van der Waals surface area contributed by atoms with E-state index in [2.05, 4.69) is 12.2 Å². The molecule has 1 aromatic rings. The number of nitrogens with one attached hydrogen (secondary N) is 1. The molecule has 2 unspecified atom stereocenters. The minimum atomic E-state index is -0.503. The molecule has 0 aliphatic heterocycles. The molecule has 1 fully saturated rings. The molecule has 5 nitrogen and oxygen atoms in total. The van der Waals surface area contributed by atoms with Crippen molar-refractivity contribution in [2.75, 3.05) is 0 Å². The van der Waals surface area contributed by atoms with Gasteiger partial charge in [-0.15, -0.1) is 0 Å². The van der Waals surface area contributed by atoms with E-state index >= 15 is 0 Å². The number of nitro groups is 1. The van der Waals surface area contributed by atoms with E-state index in [0.717, 1.165) is 5.92 Å². The summed E-state index contributed by atoms with van der Waals surface area (Å²) in [6.07, 6.45) is 6.20. The fourth-order valence-electron chi connectivity index (χ4n) is 2.50. The van der Waals surface area contributed by atoms with Crippen molar-refractivity contribution < 1.29 is 9.34 Å². The highest BCUT2D eigenvalue weighted by molar-refractivity contribution is 5.17. The maximum atomic E-state index is 10.5. The molecule has 1 saturated carbocycles. The van der Waals surface area contributed by atoms with Gasteiger partial charge >= 0.3 is 5.88 Å². The van der Waals surface area contributed by atoms with Crippen LogP contribution in [0.2, 0.25) is 0 Å². The predicted octanol–water partition coefficient (Wildman–Crippen LogP) is 3.25. The molecule has 1 aliphatic carbocycles. The van der Waals surface area contributed by atoms with Crippen LogP contribution < -0.4 is 5.32 Å². The van der Waals surface area contributed by atoms with Gasteiger partial charge in [-0.3, -0.25) is 10.1 Å². The lowest BCUT2D eigenvalue weighted by Crippen LogP contribution is -2.27. The molecule has 0 amide bonds. The molecule has 1 heterocycles. The lowest BCUT2D eigenvalue weighted by atomic mass is 10.0. The van der Waals surface area contributed by atoms with E-state index in [-0.39, 0.29) is 5.88 Å². The molecule has 1 aliphatic rings. The van der Waals surface area contributed by atoms with E-state index < -0.39 is 4.92 Å². The SMILES string of the molecule is CC1CCCC(NCc2ccc([N+](=O)[O-])o2)CC1. The van der Waals surface area contributed by atoms with Gasteiger partial charge in [0, 0.05) is 6.04 Å². The summed E-state index contributed by atoms with van der Waals surface area (Å²) in [5.41, 5.74) is 0. The van der Waals surface area contributed by atoms with Crippen molar-refractivity contribution in [3.8, 4) is 0 Å². The quantitative estimate of drug-likeness (QED) is 0.507. The molecule has 0 bridgehead atoms. The highest BCUT2D eigenvalue weighted by Gasteiger charge is 2.17. The highest BCUT2D eigenvalue weighted by Crippen LogP contribution is 2.23. The van der Waals surface area contributed by atoms with Gasteiger partial charge in [0.1, 0.15) is 10.7 Å². The number of furan rings is 1. The first-order valence-electron chi connectivity index (χ1n) is 6.61. The van der Waals surface area contributed by atoms with Gasteiger partial charge in [-0.05, 0) is 31.2 Å². The van der Waals surface area contributed by atoms with Crippen LogP contribution in [-0.2, 0) is 6.54 Å². The molecule has 100 valence electrons. The van der Waals surface area contributed by atoms with Crippen molar-refractivity contribution in [1.82, 2.24) is 5.32 Å². The van der Waals surface area contributed by atoms with Gasteiger partial charge in [0.05, 0.1) is 12.6 Å². The predicted molar refractivity (Wildman–Crippen MR) is 68.2 cm³/mol. The zero-order valence-electron chi connectivity index (χ0n) is 10.7. The molecule has 0 saturated heterocycles. The van der Waals surface area contributed by atoms with Crippen molar-refractivity contribution in [2.24, 2.45) is 5.92 Å². The normalized spacial score (nSPS) is 24.7. The monoisotopic (exact) mass is 252 g/mol. The minimum Gasteiger partial charge on any atom is -0.404 e. The molecule has 5 heteroatoms. The third kappa shape index (κ3) is 3.57. The van der Waals surface area contributed by atoms with E-state index in [1.807, 2.05) is 0 Å². The molecule has 1 aromatic heterocycles. The number of hydrogen-bond acceptors (Lipinski definition) is 4. The zero-order valence-corrected chi connectivity index (χ0v) is 10.7. The Kier molecular flexibility index (Phi) is 4.36. The van der Waals surface area contributed by atoms with Crippen molar-refractivity contribution >= 4 is 5.88 Å². The molecule has 2 atom stereocenters. The number of hydrogen-bond donors (Lipinski definition) is 1. The maximum Gasteiger partial charge on any atom is 0.433 e. The van der Waals surface area contributed by atoms with Gasteiger partial charge in [-0.2, -0.15) is 0 Å². The Labute approximate surface area is 107 Å². The Hall–Kier alpha value is -1.36. The van der Waals surface area contributed by atoms with Crippen molar-refractivity contribution in [3.05, 3.63) is 28.0 Å². The second-order valence-corrected chi connectivity index (χ2v) is 5.19. The number of rotatable bonds is 4. The van der Waals surface area contributed by atoms with E-state index in [9.17, 15) is 10.1 Å². The third-order valence-electron chi connectivity index (χ3n) is 3.65. The van der Waals surface area contributed by atoms with Crippen LogP contribution in [0, 0.1) is 16.0 Å². The van der Waals surface area contributed by atoms with Gasteiger partial charge in [-0.25, -0.2) is 0 Å². The van der Waals surface area contributed by atoms with Gasteiger partial charge < -0.3 is 9.73 Å². The van der Waals surface area contributed by atoms with Gasteiger partial charge in [0.25, 0.3) is 0 Å². The standard InChI is InChI=1S/C13H20N2O3/c1-10-3-2-4-11(6-5-10)14-9-12-7-8-13(18-12)15(16)17/h7-8,10-11,14H,2-6,9H2,1H3. The van der Waals surface area contributed by atoms with Crippen LogP contribution in [0.15, 0.2) is 16.5 Å². The Morgan fingerprint density at radius 2 is 2.22 bits per heavy atom. The maximum absolute atomic E-state index is 10.5. The fourth-order valence-corrected chi connectivity index (χ4v) is 2.50. The second kappa shape index (κ2) is 6.00. The summed E-state index contributed by atoms with van der Waals surface area (Å²) in [6, 6.07) is 3.59. The summed E-state index contributed by atoms with van der Waals surface area (Å²) in [6.45, 7) is 2.88. The third-order valence-corrected chi connectivity index (χ3v) is 3.65. The van der Waals surface area contributed by atoms with Gasteiger partial charge in [-0.1, -0.05) is 19.8 Å². The van der Waals surface area contributed by atoms with Crippen LogP contribution in [0.1, 0.15) is 44.8 Å². The van der Waals surface area contributed by atoms with Crippen molar-refractivity contribution in [3.63, 3.8) is 0 Å². The van der Waals surface area contributed by atoms with E-state index in [4.69, 9.17) is 4.42 Å². The lowest BCUT2D eigenvalue weighted by molar-refractivity contribution is -0.402. The van der Waals surface area contributed by atoms with Gasteiger partial charge in [0.15, 0.2) is 0 Å². The molecular weight excluding hydrogens is 232 g/mol. The zero-order chi connectivity index (χ0) is 13.0. The lowest BCUT2D eigenvalue weighted by Gasteiger charge is -2.15. The Bertz CT molecular complexity index is 403. The number of nitrogens with zero attached hydrogens (tertiary/aromatic N) is 1. The molecule has 18 heavy (non-hydrogen) atoms. The van der Waals surface area contributed by atoms with Crippen LogP contribution in [0.5, 0.6) is 0 Å². The van der Waals surface area contributed by atoms with E-state index in [1.165, 1.54) is 38.2 Å². The van der Waals surface area contributed by atoms with Crippen LogP contribution >= 0.6 is 0 Å². The van der Waals surface area contributed by atoms with Crippen LogP contribution in [0.25, 0.3) is 0 Å². The summed E-state index contributed by atoms with van der Waals surface area (Å²) >= 11 is 0. The second-order valence-electron chi connectivity index (χ2n) is 5.19. The van der Waals surface area contributed by atoms with Crippen LogP contribution in [0.3, 0.4) is 0 Å². The Morgan fingerprint density at radius 3 is 2.94 bits per heavy atom. The molecule has 0 spiro atoms. The molecule has 0 aromatic carbocycles. The van der Waals surface area contributed by atoms with Crippen LogP contribution in [0.4, 0.5) is 5.88 Å². The Morgan fingerprint density at radius 1 is 1.39 bits per heavy atom. The molecule has 2 rings (SSSR count). The summed E-state index contributed by atoms with van der Waals surface area (Å²) in [7, 11) is 0. The summed E-state index contributed by atoms with van der Waals surface area (Å²) in [5.74, 6) is 1.28. The largest absolute Gasteiger partial charge is 0.433 e. The average molecular weight is 252 g/mol. The first-order valence-corrected chi connectivity index (χ1v) is 6.61.